The molecule has 4 aliphatic heterocycles. The van der Waals surface area contributed by atoms with Gasteiger partial charge in [-0.2, -0.15) is 5.10 Å². The predicted octanol–water partition coefficient (Wildman–Crippen LogP) is 4.32. The molecule has 4 fully saturated rings. The van der Waals surface area contributed by atoms with E-state index in [4.69, 9.17) is 21.0 Å². The number of carboxylic acid groups (broad SMARTS) is 1. The molecule has 2 saturated heterocycles. The van der Waals surface area contributed by atoms with Crippen molar-refractivity contribution in [3.63, 3.8) is 0 Å². The molecule has 0 unspecified atom stereocenters. The molecule has 8 rings (SSSR count). The number of likely N-dealkylation sites (tertiary alicyclic amines) is 2. The second kappa shape index (κ2) is 11.7. The van der Waals surface area contributed by atoms with Crippen molar-refractivity contribution in [1.29, 1.82) is 10.8 Å². The molecule has 50 heavy (non-hydrogen) atoms. The molecule has 1 aromatic heterocycles. The van der Waals surface area contributed by atoms with Crippen molar-refractivity contribution in [3.05, 3.63) is 52.7 Å². The van der Waals surface area contributed by atoms with Gasteiger partial charge in [0.2, 0.25) is 11.8 Å². The van der Waals surface area contributed by atoms with Crippen LogP contribution in [0.25, 0.3) is 0 Å². The molecule has 1 aromatic carbocycles. The number of benzene rings is 1. The van der Waals surface area contributed by atoms with Gasteiger partial charge in [-0.3, -0.25) is 25.1 Å². The molecule has 14 heteroatoms. The number of nitrogens with zero attached hydrogens (tertiary/aromatic N) is 6. The third-order valence-electron chi connectivity index (χ3n) is 12.0. The predicted molar refractivity (Wildman–Crippen MR) is 180 cm³/mol. The summed E-state index contributed by atoms with van der Waals surface area (Å²) in [7, 11) is 0. The molecule has 6 aliphatic rings. The lowest BCUT2D eigenvalue weighted by atomic mass is 9.56. The molecule has 0 radical (unpaired) electrons. The Labute approximate surface area is 288 Å². The molecule has 2 saturated carbocycles. The van der Waals surface area contributed by atoms with E-state index < -0.39 is 18.1 Å². The summed E-state index contributed by atoms with van der Waals surface area (Å²) >= 11 is 0. The van der Waals surface area contributed by atoms with Gasteiger partial charge in [0.25, 0.3) is 6.43 Å². The maximum Gasteiger partial charge on any atom is 0.353 e. The highest BCUT2D eigenvalue weighted by Crippen LogP contribution is 2.57. The van der Waals surface area contributed by atoms with E-state index in [2.05, 4.69) is 9.58 Å². The van der Waals surface area contributed by atoms with Crippen LogP contribution in [-0.4, -0.2) is 98.2 Å². The normalized spacial score (nSPS) is 23.2. The van der Waals surface area contributed by atoms with E-state index in [0.29, 0.717) is 39.1 Å². The first-order valence-corrected chi connectivity index (χ1v) is 17.5. The zero-order valence-corrected chi connectivity index (χ0v) is 28.1. The minimum absolute atomic E-state index is 0.00166. The summed E-state index contributed by atoms with van der Waals surface area (Å²) < 4.78 is 29.6. The highest BCUT2D eigenvalue weighted by Gasteiger charge is 2.59. The van der Waals surface area contributed by atoms with E-state index in [1.807, 2.05) is 20.8 Å². The molecule has 3 N–H and O–H groups in total. The summed E-state index contributed by atoms with van der Waals surface area (Å²) in [6.45, 7) is 6.15. The second-order valence-electron chi connectivity index (χ2n) is 15.5. The molecule has 12 nitrogen and oxygen atoms in total. The van der Waals surface area contributed by atoms with Gasteiger partial charge in [0.1, 0.15) is 11.5 Å². The number of rotatable bonds is 7. The van der Waals surface area contributed by atoms with Crippen molar-refractivity contribution in [3.8, 4) is 0 Å². The van der Waals surface area contributed by atoms with Crippen LogP contribution in [0.2, 0.25) is 0 Å². The molecule has 264 valence electrons. The van der Waals surface area contributed by atoms with Gasteiger partial charge < -0.3 is 24.7 Å². The van der Waals surface area contributed by atoms with Crippen molar-refractivity contribution in [2.45, 2.75) is 70.9 Å². The fourth-order valence-corrected chi connectivity index (χ4v) is 9.40. The molecule has 0 atom stereocenters. The molecular formula is C36H42F2N8O4. The highest BCUT2D eigenvalue weighted by molar-refractivity contribution is 6.39. The van der Waals surface area contributed by atoms with Crippen LogP contribution in [0.4, 0.5) is 20.3 Å². The van der Waals surface area contributed by atoms with Crippen molar-refractivity contribution in [2.75, 3.05) is 44.2 Å². The zero-order chi connectivity index (χ0) is 35.1. The van der Waals surface area contributed by atoms with Crippen molar-refractivity contribution in [1.82, 2.24) is 24.5 Å². The number of fused-ring (bicyclic) bond motifs is 2. The van der Waals surface area contributed by atoms with E-state index in [0.717, 1.165) is 86.0 Å². The van der Waals surface area contributed by atoms with Gasteiger partial charge in [0, 0.05) is 91.9 Å². The Morgan fingerprint density at radius 3 is 2.34 bits per heavy atom. The summed E-state index contributed by atoms with van der Waals surface area (Å²) in [4.78, 5) is 44.4. The fraction of sp³-hybridized carbons (Fsp3) is 0.556. The Bertz CT molecular complexity index is 1830. The molecular weight excluding hydrogens is 646 g/mol. The quantitative estimate of drug-likeness (QED) is 0.290. The Balaban J connectivity index is 0.901. The van der Waals surface area contributed by atoms with Crippen molar-refractivity contribution < 1.29 is 28.3 Å². The van der Waals surface area contributed by atoms with Crippen LogP contribution in [0.3, 0.4) is 0 Å². The van der Waals surface area contributed by atoms with E-state index in [-0.39, 0.29) is 46.0 Å². The maximum atomic E-state index is 13.7. The number of amides is 2. The average Bonchev–Trinajstić information content (AvgIpc) is 3.38. The number of aromatic nitrogens is 2. The molecule has 2 aliphatic carbocycles. The first kappa shape index (κ1) is 32.6. The van der Waals surface area contributed by atoms with Crippen LogP contribution >= 0.6 is 0 Å². The van der Waals surface area contributed by atoms with Gasteiger partial charge in [-0.1, -0.05) is 12.1 Å². The zero-order valence-electron chi connectivity index (χ0n) is 28.1. The molecule has 0 bridgehead atoms. The number of aryl methyl sites for hydroxylation is 1. The van der Waals surface area contributed by atoms with Crippen LogP contribution in [0.15, 0.2) is 30.4 Å². The number of anilines is 2. The van der Waals surface area contributed by atoms with Crippen LogP contribution < -0.4 is 4.90 Å². The number of nitrogens with one attached hydrogen (secondary N) is 2. The molecule has 2 amide bonds. The van der Waals surface area contributed by atoms with Crippen molar-refractivity contribution >= 4 is 40.8 Å². The van der Waals surface area contributed by atoms with Gasteiger partial charge in [-0.15, -0.1) is 0 Å². The fourth-order valence-electron chi connectivity index (χ4n) is 9.40. The molecule has 5 heterocycles. The Morgan fingerprint density at radius 1 is 0.960 bits per heavy atom. The van der Waals surface area contributed by atoms with E-state index in [9.17, 15) is 23.2 Å². The lowest BCUT2D eigenvalue weighted by molar-refractivity contribution is -0.171. The van der Waals surface area contributed by atoms with Gasteiger partial charge in [0.15, 0.2) is 5.82 Å². The summed E-state index contributed by atoms with van der Waals surface area (Å²) in [5.41, 5.74) is 3.50. The number of carboxylic acids is 1. The van der Waals surface area contributed by atoms with Gasteiger partial charge in [-0.05, 0) is 62.3 Å². The van der Waals surface area contributed by atoms with Crippen LogP contribution in [0, 0.1) is 27.6 Å². The minimum Gasteiger partial charge on any atom is -0.477 e. The monoisotopic (exact) mass is 688 g/mol. The van der Waals surface area contributed by atoms with Gasteiger partial charge in [-0.25, -0.2) is 13.6 Å². The third kappa shape index (κ3) is 5.38. The number of aliphatic carboxylic acids is 1. The number of carbonyl (C=O) groups excluding carboxylic acids is 2. The topological polar surface area (TPSA) is 150 Å². The number of halogens is 2. The Hall–Kier alpha value is -4.62. The van der Waals surface area contributed by atoms with E-state index in [1.54, 1.807) is 13.0 Å². The number of carbonyl (C=O) groups is 3. The van der Waals surface area contributed by atoms with Crippen molar-refractivity contribution in [2.24, 2.45) is 16.7 Å². The summed E-state index contributed by atoms with van der Waals surface area (Å²) in [6, 6.07) is 5.10. The Kier molecular flexibility index (Phi) is 7.64. The number of alkyl halides is 2. The van der Waals surface area contributed by atoms with E-state index in [1.165, 1.54) is 12.1 Å². The summed E-state index contributed by atoms with van der Waals surface area (Å²) in [5, 5.41) is 29.5. The number of amidine groups is 1. The summed E-state index contributed by atoms with van der Waals surface area (Å²) in [6.07, 6.45) is 5.75. The lowest BCUT2D eigenvalue weighted by Crippen LogP contribution is -2.68. The van der Waals surface area contributed by atoms with Gasteiger partial charge in [0.05, 0.1) is 12.6 Å². The Morgan fingerprint density at radius 2 is 1.66 bits per heavy atom. The second-order valence-corrected chi connectivity index (χ2v) is 15.5. The van der Waals surface area contributed by atoms with Crippen LogP contribution in [-0.2, 0) is 33.8 Å². The average molecular weight is 689 g/mol. The largest absolute Gasteiger partial charge is 0.477 e. The SMILES string of the molecule is CC(=O)N1CCc2c(c(N3CCCc4ccc(C(F)F)cc43)nn2C2CC3(C2)CN(C(=O)C2CC4(C2)CN(C(=N)/C=C\C(=N)C(=O)O)C4)C3)C1. The minimum atomic E-state index is -2.56. The van der Waals surface area contributed by atoms with Crippen LogP contribution in [0.1, 0.15) is 73.9 Å². The van der Waals surface area contributed by atoms with Gasteiger partial charge >= 0.3 is 5.97 Å². The number of hydrogen-bond acceptors (Lipinski definition) is 7. The maximum absolute atomic E-state index is 13.7. The standard InChI is InChI=1S/C36H42F2N8O4/c1-21(47)42-10-8-28-26(16-42)32(45-9-2-3-22-4-5-23(31(37)38)11-29(22)45)41-46(28)25-14-36(15-25)19-44(20-36)33(48)24-12-35(13-24)17-43(18-35)30(40)7-6-27(39)34(49)50/h4-7,11,24-25,31,39-40H,2-3,8-10,12-20H2,1H3,(H,49,50)/b7-6-,39-27?,40-30?. The first-order valence-electron chi connectivity index (χ1n) is 17.5. The smallest absolute Gasteiger partial charge is 0.353 e. The molecule has 2 aromatic rings. The third-order valence-corrected chi connectivity index (χ3v) is 12.0. The van der Waals surface area contributed by atoms with E-state index >= 15 is 0 Å². The highest BCUT2D eigenvalue weighted by atomic mass is 19.3. The summed E-state index contributed by atoms with van der Waals surface area (Å²) in [5.74, 6) is -0.159. The van der Waals surface area contributed by atoms with Crippen LogP contribution in [0.5, 0.6) is 0 Å². The molecule has 2 spiro atoms. The first-order chi connectivity index (χ1) is 23.8. The lowest BCUT2D eigenvalue weighted by Gasteiger charge is -2.62. The number of hydrogen-bond donors (Lipinski definition) is 3.